The van der Waals surface area contributed by atoms with E-state index in [1.54, 1.807) is 18.2 Å². The number of halogens is 3. The minimum atomic E-state index is -4.55. The van der Waals surface area contributed by atoms with Crippen LogP contribution in [0.2, 0.25) is 0 Å². The maximum Gasteiger partial charge on any atom is 0.408 e. The fraction of sp³-hybridized carbons (Fsp3) is 0.375. The lowest BCUT2D eigenvalue weighted by molar-refractivity contribution is -0.149. The molecular weight excluding hydrogens is 465 g/mol. The zero-order valence-electron chi connectivity index (χ0n) is 20.0. The molecular formula is C24H27F3N4O4. The average Bonchev–Trinajstić information content (AvgIpc) is 2.97. The molecule has 0 fully saturated rings. The normalized spacial score (nSPS) is 16.4. The summed E-state index contributed by atoms with van der Waals surface area (Å²) in [5.74, 6) is 0.144. The number of amides is 3. The maximum absolute atomic E-state index is 12.8. The molecule has 2 atom stereocenters. The van der Waals surface area contributed by atoms with Crippen LogP contribution in [0.15, 0.2) is 41.5 Å². The minimum Gasteiger partial charge on any atom is -0.493 e. The minimum absolute atomic E-state index is 0.0585. The molecule has 0 radical (unpaired) electrons. The Balaban J connectivity index is 2.06. The Hall–Kier alpha value is -3.76. The molecule has 35 heavy (non-hydrogen) atoms. The van der Waals surface area contributed by atoms with Gasteiger partial charge >= 0.3 is 12.2 Å². The molecule has 2 N–H and O–H groups in total. The number of hydrogen-bond donors (Lipinski definition) is 2. The van der Waals surface area contributed by atoms with E-state index in [2.05, 4.69) is 10.4 Å². The predicted molar refractivity (Wildman–Crippen MR) is 124 cm³/mol. The van der Waals surface area contributed by atoms with Crippen molar-refractivity contribution in [2.75, 3.05) is 21.3 Å². The van der Waals surface area contributed by atoms with Crippen LogP contribution in [-0.4, -0.2) is 62.2 Å². The van der Waals surface area contributed by atoms with Crippen molar-refractivity contribution in [1.82, 2.24) is 15.6 Å². The van der Waals surface area contributed by atoms with E-state index in [4.69, 9.17) is 9.47 Å². The van der Waals surface area contributed by atoms with Gasteiger partial charge in [0.2, 0.25) is 0 Å². The monoisotopic (exact) mass is 492 g/mol. The van der Waals surface area contributed by atoms with Gasteiger partial charge in [0, 0.05) is 23.7 Å². The van der Waals surface area contributed by atoms with Gasteiger partial charge in [0.05, 0.1) is 26.0 Å². The predicted octanol–water partition coefficient (Wildman–Crippen LogP) is 3.72. The lowest BCUT2D eigenvalue weighted by Gasteiger charge is -2.22. The molecule has 2 aromatic carbocycles. The Bertz CT molecular complexity index is 1130. The third kappa shape index (κ3) is 5.50. The smallest absolute Gasteiger partial charge is 0.408 e. The van der Waals surface area contributed by atoms with E-state index in [1.165, 1.54) is 38.4 Å². The Kier molecular flexibility index (Phi) is 7.57. The van der Waals surface area contributed by atoms with Gasteiger partial charge in [0.15, 0.2) is 11.5 Å². The quantitative estimate of drug-likeness (QED) is 0.666. The summed E-state index contributed by atoms with van der Waals surface area (Å²) in [7, 11) is 4.54. The number of nitrogens with zero attached hydrogens (tertiary/aromatic N) is 2. The second-order valence-electron chi connectivity index (χ2n) is 8.08. The number of ether oxygens (including phenoxy) is 2. The van der Waals surface area contributed by atoms with E-state index in [9.17, 15) is 22.8 Å². The summed E-state index contributed by atoms with van der Waals surface area (Å²) in [6.45, 7) is 2.73. The van der Waals surface area contributed by atoms with Crippen molar-refractivity contribution in [2.24, 2.45) is 5.10 Å². The van der Waals surface area contributed by atoms with Crippen LogP contribution in [-0.2, 0) is 6.42 Å². The van der Waals surface area contributed by atoms with E-state index in [-0.39, 0.29) is 11.6 Å². The van der Waals surface area contributed by atoms with E-state index >= 15 is 0 Å². The SMILES string of the molecule is CNC(=O)N1N=C(c2ccc(C(=O)NC(C)C(F)(F)F)cc2)c2cc(OC)c(OC)cc2CC1C. The number of benzene rings is 2. The Morgan fingerprint density at radius 3 is 2.26 bits per heavy atom. The fourth-order valence-electron chi connectivity index (χ4n) is 3.69. The van der Waals surface area contributed by atoms with Crippen LogP contribution < -0.4 is 20.1 Å². The molecule has 11 heteroatoms. The molecule has 1 aliphatic heterocycles. The Morgan fingerprint density at radius 2 is 1.71 bits per heavy atom. The van der Waals surface area contributed by atoms with E-state index < -0.39 is 24.2 Å². The molecule has 0 bridgehead atoms. The van der Waals surface area contributed by atoms with Gasteiger partial charge in [-0.3, -0.25) is 4.79 Å². The highest BCUT2D eigenvalue weighted by atomic mass is 19.4. The largest absolute Gasteiger partial charge is 0.493 e. The van der Waals surface area contributed by atoms with Crippen molar-refractivity contribution in [3.63, 3.8) is 0 Å². The van der Waals surface area contributed by atoms with Crippen LogP contribution in [0.5, 0.6) is 11.5 Å². The third-order valence-electron chi connectivity index (χ3n) is 5.69. The molecule has 0 saturated carbocycles. The zero-order chi connectivity index (χ0) is 25.9. The number of methoxy groups -OCH3 is 2. The number of nitrogens with one attached hydrogen (secondary N) is 2. The topological polar surface area (TPSA) is 92.3 Å². The highest BCUT2D eigenvalue weighted by Gasteiger charge is 2.37. The summed E-state index contributed by atoms with van der Waals surface area (Å²) in [5.41, 5.74) is 2.61. The number of carbonyl (C=O) groups excluding carboxylic acids is 2. The van der Waals surface area contributed by atoms with Crippen molar-refractivity contribution >= 4 is 17.6 Å². The average molecular weight is 492 g/mol. The molecule has 1 heterocycles. The summed E-state index contributed by atoms with van der Waals surface area (Å²) in [4.78, 5) is 24.8. The van der Waals surface area contributed by atoms with Crippen molar-refractivity contribution in [3.05, 3.63) is 58.7 Å². The van der Waals surface area contributed by atoms with Gasteiger partial charge in [-0.25, -0.2) is 9.80 Å². The number of fused-ring (bicyclic) bond motifs is 1. The van der Waals surface area contributed by atoms with Crippen LogP contribution >= 0.6 is 0 Å². The van der Waals surface area contributed by atoms with E-state index in [0.29, 0.717) is 34.8 Å². The molecule has 0 aromatic heterocycles. The third-order valence-corrected chi connectivity index (χ3v) is 5.69. The van der Waals surface area contributed by atoms with E-state index in [1.807, 2.05) is 18.3 Å². The molecule has 2 unspecified atom stereocenters. The summed E-state index contributed by atoms with van der Waals surface area (Å²) in [5, 5.41) is 10.5. The first-order chi connectivity index (χ1) is 16.5. The van der Waals surface area contributed by atoms with E-state index in [0.717, 1.165) is 12.5 Å². The number of hydrazone groups is 1. The molecule has 2 aromatic rings. The van der Waals surface area contributed by atoms with Crippen LogP contribution in [0.1, 0.15) is 40.9 Å². The van der Waals surface area contributed by atoms with Crippen LogP contribution in [0.3, 0.4) is 0 Å². The van der Waals surface area contributed by atoms with Crippen LogP contribution in [0.4, 0.5) is 18.0 Å². The molecule has 0 spiro atoms. The van der Waals surface area contributed by atoms with Gasteiger partial charge in [0.25, 0.3) is 5.91 Å². The first-order valence-electron chi connectivity index (χ1n) is 10.8. The standard InChI is InChI=1S/C24H27F3N4O4/c1-13-10-17-11-19(34-4)20(35-5)12-18(17)21(30-31(13)23(33)28-3)15-6-8-16(9-7-15)22(32)29-14(2)24(25,26)27/h6-9,11-14H,10H2,1-5H3,(H,28,33)(H,29,32). The van der Waals surface area contributed by atoms with Gasteiger partial charge in [-0.05, 0) is 50.1 Å². The van der Waals surface area contributed by atoms with Crippen LogP contribution in [0.25, 0.3) is 0 Å². The summed E-state index contributed by atoms with van der Waals surface area (Å²) < 4.78 is 49.3. The number of rotatable bonds is 5. The van der Waals surface area contributed by atoms with Crippen molar-refractivity contribution in [2.45, 2.75) is 38.5 Å². The number of carbonyl (C=O) groups is 2. The lowest BCUT2D eigenvalue weighted by Crippen LogP contribution is -2.43. The van der Waals surface area contributed by atoms with Gasteiger partial charge in [-0.2, -0.15) is 18.3 Å². The first kappa shape index (κ1) is 25.9. The van der Waals surface area contributed by atoms with Crippen molar-refractivity contribution in [1.29, 1.82) is 0 Å². The van der Waals surface area contributed by atoms with Crippen LogP contribution in [0, 0.1) is 0 Å². The zero-order valence-corrected chi connectivity index (χ0v) is 20.0. The summed E-state index contributed by atoms with van der Waals surface area (Å²) >= 11 is 0. The molecule has 188 valence electrons. The summed E-state index contributed by atoms with van der Waals surface area (Å²) in [6.07, 6.45) is -4.07. The molecule has 1 aliphatic rings. The maximum atomic E-state index is 12.8. The molecule has 0 aliphatic carbocycles. The number of hydrogen-bond acceptors (Lipinski definition) is 5. The van der Waals surface area contributed by atoms with Gasteiger partial charge in [0.1, 0.15) is 6.04 Å². The molecule has 8 nitrogen and oxygen atoms in total. The second-order valence-corrected chi connectivity index (χ2v) is 8.08. The van der Waals surface area contributed by atoms with Gasteiger partial charge < -0.3 is 20.1 Å². The highest BCUT2D eigenvalue weighted by Crippen LogP contribution is 2.34. The highest BCUT2D eigenvalue weighted by molar-refractivity contribution is 6.15. The molecule has 3 amide bonds. The molecule has 0 saturated heterocycles. The summed E-state index contributed by atoms with van der Waals surface area (Å²) in [6, 6.07) is 6.88. The van der Waals surface area contributed by atoms with Gasteiger partial charge in [-0.15, -0.1) is 0 Å². The van der Waals surface area contributed by atoms with Crippen molar-refractivity contribution in [3.8, 4) is 11.5 Å². The second kappa shape index (κ2) is 10.2. The number of urea groups is 1. The van der Waals surface area contributed by atoms with Crippen molar-refractivity contribution < 1.29 is 32.2 Å². The lowest BCUT2D eigenvalue weighted by atomic mass is 9.93. The fourth-order valence-corrected chi connectivity index (χ4v) is 3.69. The van der Waals surface area contributed by atoms with Gasteiger partial charge in [-0.1, -0.05) is 12.1 Å². The Labute approximate surface area is 201 Å². The number of alkyl halides is 3. The first-order valence-corrected chi connectivity index (χ1v) is 10.8. The molecule has 3 rings (SSSR count). The Morgan fingerprint density at radius 1 is 1.11 bits per heavy atom.